The van der Waals surface area contributed by atoms with Gasteiger partial charge >= 0.3 is 0 Å². The molecule has 0 rings (SSSR count). The number of hydrogen-bond acceptors (Lipinski definition) is 3. The van der Waals surface area contributed by atoms with Crippen molar-refractivity contribution in [2.75, 3.05) is 6.61 Å². The molecule has 0 fully saturated rings. The topological polar surface area (TPSA) is 69.6 Å². The summed E-state index contributed by atoms with van der Waals surface area (Å²) in [6, 6.07) is -0.639. The van der Waals surface area contributed by atoms with E-state index in [-0.39, 0.29) is 12.5 Å². The summed E-state index contributed by atoms with van der Waals surface area (Å²) in [4.78, 5) is 12.3. The van der Waals surface area contributed by atoms with E-state index in [2.05, 4.69) is 43.5 Å². The normalized spacial score (nSPS) is 13.4. The molecule has 0 aromatic rings. The fourth-order valence-corrected chi connectivity index (χ4v) is 5.95. The molecule has 2 atom stereocenters. The lowest BCUT2D eigenvalue weighted by Crippen LogP contribution is -2.45. The van der Waals surface area contributed by atoms with Gasteiger partial charge in [-0.25, -0.2) is 0 Å². The first-order valence-corrected chi connectivity index (χ1v) is 20.2. The Hall–Kier alpha value is -1.39. The van der Waals surface area contributed by atoms with Gasteiger partial charge in [0.05, 0.1) is 18.8 Å². The maximum atomic E-state index is 12.3. The third-order valence-corrected chi connectivity index (χ3v) is 9.10. The van der Waals surface area contributed by atoms with Crippen molar-refractivity contribution in [3.8, 4) is 0 Å². The highest BCUT2D eigenvalue weighted by atomic mass is 16.3. The van der Waals surface area contributed by atoms with E-state index in [9.17, 15) is 15.0 Å². The second kappa shape index (κ2) is 38.1. The van der Waals surface area contributed by atoms with Gasteiger partial charge in [-0.15, -0.1) is 0 Å². The van der Waals surface area contributed by atoms with Crippen molar-refractivity contribution in [2.45, 2.75) is 219 Å². The van der Waals surface area contributed by atoms with Crippen molar-refractivity contribution in [3.63, 3.8) is 0 Å². The molecule has 0 saturated carbocycles. The molecule has 1 amide bonds. The zero-order valence-corrected chi connectivity index (χ0v) is 30.8. The van der Waals surface area contributed by atoms with Crippen molar-refractivity contribution in [3.05, 3.63) is 36.5 Å². The molecule has 2 unspecified atom stereocenters. The van der Waals surface area contributed by atoms with Crippen LogP contribution in [0, 0.1) is 0 Å². The largest absolute Gasteiger partial charge is 0.394 e. The monoisotopic (exact) mass is 646 g/mol. The predicted molar refractivity (Wildman–Crippen MR) is 202 cm³/mol. The average Bonchev–Trinajstić information content (AvgIpc) is 3.06. The maximum absolute atomic E-state index is 12.3. The van der Waals surface area contributed by atoms with Crippen LogP contribution in [0.25, 0.3) is 0 Å². The third kappa shape index (κ3) is 34.0. The van der Waals surface area contributed by atoms with Gasteiger partial charge < -0.3 is 15.5 Å². The summed E-state index contributed by atoms with van der Waals surface area (Å²) in [7, 11) is 0. The molecule has 0 aromatic carbocycles. The van der Waals surface area contributed by atoms with Crippen LogP contribution in [-0.4, -0.2) is 34.9 Å². The zero-order chi connectivity index (χ0) is 33.6. The number of hydrogen-bond donors (Lipinski definition) is 3. The van der Waals surface area contributed by atoms with E-state index in [0.29, 0.717) is 6.42 Å². The molecule has 0 heterocycles. The maximum Gasteiger partial charge on any atom is 0.220 e. The van der Waals surface area contributed by atoms with Crippen molar-refractivity contribution >= 4 is 5.91 Å². The molecule has 0 aliphatic rings. The van der Waals surface area contributed by atoms with E-state index in [1.807, 2.05) is 6.08 Å². The van der Waals surface area contributed by atoms with Crippen LogP contribution in [0.4, 0.5) is 0 Å². The fraction of sp³-hybridized carbons (Fsp3) is 0.833. The van der Waals surface area contributed by atoms with Crippen LogP contribution in [0.5, 0.6) is 0 Å². The molecule has 0 radical (unpaired) electrons. The number of amides is 1. The van der Waals surface area contributed by atoms with Gasteiger partial charge in [0, 0.05) is 6.42 Å². The highest BCUT2D eigenvalue weighted by molar-refractivity contribution is 5.76. The van der Waals surface area contributed by atoms with Crippen LogP contribution in [-0.2, 0) is 4.79 Å². The van der Waals surface area contributed by atoms with Crippen molar-refractivity contribution < 1.29 is 15.0 Å². The first kappa shape index (κ1) is 44.6. The van der Waals surface area contributed by atoms with E-state index >= 15 is 0 Å². The van der Waals surface area contributed by atoms with Gasteiger partial charge in [-0.2, -0.15) is 0 Å². The lowest BCUT2D eigenvalue weighted by molar-refractivity contribution is -0.123. The van der Waals surface area contributed by atoms with Crippen molar-refractivity contribution in [1.29, 1.82) is 0 Å². The molecule has 4 heteroatoms. The Morgan fingerprint density at radius 1 is 0.500 bits per heavy atom. The second-order valence-electron chi connectivity index (χ2n) is 13.7. The minimum Gasteiger partial charge on any atom is -0.394 e. The van der Waals surface area contributed by atoms with Gasteiger partial charge in [0.2, 0.25) is 5.91 Å². The molecule has 0 aromatic heterocycles. The molecule has 0 aliphatic heterocycles. The predicted octanol–water partition coefficient (Wildman–Crippen LogP) is 12.2. The van der Waals surface area contributed by atoms with E-state index in [1.165, 1.54) is 154 Å². The van der Waals surface area contributed by atoms with Gasteiger partial charge in [-0.3, -0.25) is 4.79 Å². The number of aliphatic hydroxyl groups excluding tert-OH is 2. The number of aliphatic hydroxyl groups is 2. The number of unbranched alkanes of at least 4 members (excludes halogenated alkanes) is 25. The van der Waals surface area contributed by atoms with Gasteiger partial charge in [-0.1, -0.05) is 179 Å². The standard InChI is InChI=1S/C42H79NO3/c1-3-5-7-9-11-13-15-17-19-21-23-25-27-29-31-33-35-37-41(45)40(39-44)43-42(46)38-36-34-32-30-28-26-24-22-20-18-16-14-12-10-8-6-4-2/h18,20,27,29,35,37,40-41,44-45H,3-17,19,21-26,28,30-34,36,38-39H2,1-2H3,(H,43,46)/b20-18-,29-27+,37-35+. The second-order valence-corrected chi connectivity index (χ2v) is 13.7. The van der Waals surface area contributed by atoms with Crippen LogP contribution in [0.1, 0.15) is 206 Å². The summed E-state index contributed by atoms with van der Waals surface area (Å²) in [6.45, 7) is 4.29. The minimum atomic E-state index is -0.861. The summed E-state index contributed by atoms with van der Waals surface area (Å²) in [5.74, 6) is -0.0791. The average molecular weight is 646 g/mol. The molecular weight excluding hydrogens is 566 g/mol. The van der Waals surface area contributed by atoms with Crippen molar-refractivity contribution in [1.82, 2.24) is 5.32 Å². The summed E-state index contributed by atoms with van der Waals surface area (Å²) in [5, 5.41) is 22.9. The SMILES string of the molecule is CCCCCCCC/C=C\CCCCCCCCCC(=O)NC(CO)C(O)/C=C/CC/C=C/CCCCCCCCCCCCC. The Morgan fingerprint density at radius 2 is 0.848 bits per heavy atom. The summed E-state index contributed by atoms with van der Waals surface area (Å²) in [6.07, 6.45) is 49.5. The van der Waals surface area contributed by atoms with E-state index in [0.717, 1.165) is 32.1 Å². The Labute approximate surface area is 287 Å². The zero-order valence-electron chi connectivity index (χ0n) is 30.8. The summed E-state index contributed by atoms with van der Waals surface area (Å²) >= 11 is 0. The number of carbonyl (C=O) groups is 1. The molecule has 4 nitrogen and oxygen atoms in total. The van der Waals surface area contributed by atoms with Gasteiger partial charge in [0.1, 0.15) is 0 Å². The fourth-order valence-electron chi connectivity index (χ4n) is 5.95. The molecule has 0 aliphatic carbocycles. The first-order chi connectivity index (χ1) is 22.7. The van der Waals surface area contributed by atoms with Gasteiger partial charge in [-0.05, 0) is 57.8 Å². The molecule has 0 saturated heterocycles. The van der Waals surface area contributed by atoms with Crippen molar-refractivity contribution in [2.24, 2.45) is 0 Å². The van der Waals surface area contributed by atoms with E-state index in [4.69, 9.17) is 0 Å². The van der Waals surface area contributed by atoms with Gasteiger partial charge in [0.25, 0.3) is 0 Å². The third-order valence-electron chi connectivity index (χ3n) is 9.10. The molecule has 0 bridgehead atoms. The van der Waals surface area contributed by atoms with E-state index < -0.39 is 12.1 Å². The lowest BCUT2D eigenvalue weighted by Gasteiger charge is -2.19. The Morgan fingerprint density at radius 3 is 1.26 bits per heavy atom. The Bertz CT molecular complexity index is 701. The van der Waals surface area contributed by atoms with Crippen LogP contribution >= 0.6 is 0 Å². The summed E-state index contributed by atoms with van der Waals surface area (Å²) in [5.41, 5.74) is 0. The number of allylic oxidation sites excluding steroid dienone is 5. The molecule has 270 valence electrons. The smallest absolute Gasteiger partial charge is 0.220 e. The highest BCUT2D eigenvalue weighted by Crippen LogP contribution is 2.13. The van der Waals surface area contributed by atoms with Crippen LogP contribution in [0.15, 0.2) is 36.5 Å². The number of nitrogens with one attached hydrogen (secondary N) is 1. The lowest BCUT2D eigenvalue weighted by atomic mass is 10.1. The van der Waals surface area contributed by atoms with Crippen LogP contribution in [0.3, 0.4) is 0 Å². The first-order valence-electron chi connectivity index (χ1n) is 20.2. The number of rotatable bonds is 36. The van der Waals surface area contributed by atoms with Crippen LogP contribution in [0.2, 0.25) is 0 Å². The van der Waals surface area contributed by atoms with Gasteiger partial charge in [0.15, 0.2) is 0 Å². The molecule has 46 heavy (non-hydrogen) atoms. The molecular formula is C42H79NO3. The number of carbonyl (C=O) groups excluding carboxylic acids is 1. The molecule has 0 spiro atoms. The quantitative estimate of drug-likeness (QED) is 0.0469. The highest BCUT2D eigenvalue weighted by Gasteiger charge is 2.17. The van der Waals surface area contributed by atoms with E-state index in [1.54, 1.807) is 6.08 Å². The minimum absolute atomic E-state index is 0.0791. The summed E-state index contributed by atoms with van der Waals surface area (Å²) < 4.78 is 0. The van der Waals surface area contributed by atoms with Crippen LogP contribution < -0.4 is 5.32 Å². The molecule has 3 N–H and O–H groups in total. The Kier molecular flexibility index (Phi) is 36.9. The Balaban J connectivity index is 3.65.